The van der Waals surface area contributed by atoms with Crippen LogP contribution in [0.25, 0.3) is 11.2 Å². The summed E-state index contributed by atoms with van der Waals surface area (Å²) in [5.74, 6) is 0.626. The highest BCUT2D eigenvalue weighted by atomic mass is 35.5. The Morgan fingerprint density at radius 1 is 1.29 bits per heavy atom. The number of imidazole rings is 1. The lowest BCUT2D eigenvalue weighted by atomic mass is 10.1. The van der Waals surface area contributed by atoms with Crippen molar-refractivity contribution in [2.24, 2.45) is 0 Å². The van der Waals surface area contributed by atoms with E-state index in [1.807, 2.05) is 0 Å². The molecule has 2 heterocycles. The molecule has 1 atom stereocenters. The molecule has 0 fully saturated rings. The zero-order chi connectivity index (χ0) is 14.8. The van der Waals surface area contributed by atoms with Gasteiger partial charge in [-0.3, -0.25) is 0 Å². The van der Waals surface area contributed by atoms with Crippen molar-refractivity contribution < 1.29 is 5.11 Å². The van der Waals surface area contributed by atoms with Gasteiger partial charge in [-0.1, -0.05) is 23.7 Å². The number of rotatable bonds is 4. The Labute approximate surface area is 125 Å². The van der Waals surface area contributed by atoms with Crippen molar-refractivity contribution in [3.63, 3.8) is 0 Å². The molecule has 0 bridgehead atoms. The van der Waals surface area contributed by atoms with Crippen LogP contribution >= 0.6 is 11.6 Å². The van der Waals surface area contributed by atoms with E-state index in [9.17, 15) is 5.11 Å². The molecule has 0 saturated carbocycles. The van der Waals surface area contributed by atoms with Gasteiger partial charge in [0.05, 0.1) is 12.4 Å². The Morgan fingerprint density at radius 2 is 2.05 bits per heavy atom. The number of hydrogen-bond donors (Lipinski definition) is 4. The number of nitrogen functional groups attached to an aromatic ring is 1. The number of hydrogen-bond acceptors (Lipinski definition) is 6. The number of aliphatic hydroxyl groups is 1. The van der Waals surface area contributed by atoms with Crippen LogP contribution in [-0.2, 0) is 0 Å². The number of anilines is 2. The zero-order valence-electron chi connectivity index (χ0n) is 10.9. The van der Waals surface area contributed by atoms with Gasteiger partial charge < -0.3 is 21.1 Å². The first-order chi connectivity index (χ1) is 10.1. The number of nitrogens with two attached hydrogens (primary N) is 1. The number of fused-ring (bicyclic) bond motifs is 1. The number of aromatic nitrogens is 4. The van der Waals surface area contributed by atoms with E-state index >= 15 is 0 Å². The van der Waals surface area contributed by atoms with Crippen LogP contribution in [0.4, 0.5) is 11.8 Å². The SMILES string of the molecule is Nc1nc(NC[C@H](O)c2ccc(Cl)cc2)c2[nH]cnc2n1. The monoisotopic (exact) mass is 304 g/mol. The lowest BCUT2D eigenvalue weighted by Crippen LogP contribution is -2.14. The standard InChI is InChI=1S/C13H13ClN6O/c14-8-3-1-7(2-4-8)9(21)5-16-11-10-12(18-6-17-10)20-13(15)19-11/h1-4,6,9,21H,5H2,(H4,15,16,17,18,19,20)/t9-/m0/s1. The fourth-order valence-electron chi connectivity index (χ4n) is 1.97. The average molecular weight is 305 g/mol. The molecule has 0 aliphatic carbocycles. The van der Waals surface area contributed by atoms with Gasteiger partial charge in [-0.2, -0.15) is 9.97 Å². The van der Waals surface area contributed by atoms with Crippen molar-refractivity contribution in [2.45, 2.75) is 6.10 Å². The third kappa shape index (κ3) is 2.88. The van der Waals surface area contributed by atoms with Gasteiger partial charge in [0.1, 0.15) is 5.52 Å². The third-order valence-corrected chi connectivity index (χ3v) is 3.27. The lowest BCUT2D eigenvalue weighted by molar-refractivity contribution is 0.191. The Morgan fingerprint density at radius 3 is 2.81 bits per heavy atom. The molecule has 0 aliphatic rings. The largest absolute Gasteiger partial charge is 0.387 e. The zero-order valence-corrected chi connectivity index (χ0v) is 11.7. The number of halogens is 1. The number of nitrogens with one attached hydrogen (secondary N) is 2. The second kappa shape index (κ2) is 5.55. The highest BCUT2D eigenvalue weighted by Gasteiger charge is 2.11. The summed E-state index contributed by atoms with van der Waals surface area (Å²) in [6, 6.07) is 7.01. The molecule has 0 spiro atoms. The van der Waals surface area contributed by atoms with Crippen LogP contribution in [0, 0.1) is 0 Å². The van der Waals surface area contributed by atoms with E-state index in [4.69, 9.17) is 17.3 Å². The first-order valence-corrected chi connectivity index (χ1v) is 6.65. The van der Waals surface area contributed by atoms with Crippen molar-refractivity contribution in [3.8, 4) is 0 Å². The van der Waals surface area contributed by atoms with Crippen LogP contribution in [0.15, 0.2) is 30.6 Å². The summed E-state index contributed by atoms with van der Waals surface area (Å²) in [5, 5.41) is 13.8. The second-order valence-electron chi connectivity index (χ2n) is 4.48. The first kappa shape index (κ1) is 13.6. The highest BCUT2D eigenvalue weighted by molar-refractivity contribution is 6.30. The minimum absolute atomic E-state index is 0.123. The van der Waals surface area contributed by atoms with Crippen molar-refractivity contribution in [3.05, 3.63) is 41.2 Å². The van der Waals surface area contributed by atoms with E-state index in [-0.39, 0.29) is 12.5 Å². The number of nitrogens with zero attached hydrogens (tertiary/aromatic N) is 3. The summed E-state index contributed by atoms with van der Waals surface area (Å²) >= 11 is 5.82. The van der Waals surface area contributed by atoms with Gasteiger partial charge in [0.15, 0.2) is 11.5 Å². The van der Waals surface area contributed by atoms with Crippen LogP contribution in [0.2, 0.25) is 5.02 Å². The molecule has 3 aromatic rings. The maximum atomic E-state index is 10.2. The van der Waals surface area contributed by atoms with Gasteiger partial charge in [-0.25, -0.2) is 4.98 Å². The average Bonchev–Trinajstić information content (AvgIpc) is 2.93. The molecule has 1 aromatic carbocycles. The van der Waals surface area contributed by atoms with E-state index in [0.717, 1.165) is 5.56 Å². The van der Waals surface area contributed by atoms with Gasteiger partial charge in [0.2, 0.25) is 5.95 Å². The lowest BCUT2D eigenvalue weighted by Gasteiger charge is -2.13. The summed E-state index contributed by atoms with van der Waals surface area (Å²) in [4.78, 5) is 15.1. The van der Waals surface area contributed by atoms with Crippen molar-refractivity contribution in [2.75, 3.05) is 17.6 Å². The van der Waals surface area contributed by atoms with Gasteiger partial charge >= 0.3 is 0 Å². The molecule has 0 aliphatic heterocycles. The Kier molecular flexibility index (Phi) is 3.59. The third-order valence-electron chi connectivity index (χ3n) is 3.02. The molecule has 0 saturated heterocycles. The van der Waals surface area contributed by atoms with Crippen LogP contribution in [0.5, 0.6) is 0 Å². The Bertz CT molecular complexity index is 757. The second-order valence-corrected chi connectivity index (χ2v) is 4.92. The summed E-state index contributed by atoms with van der Waals surface area (Å²) in [6.07, 6.45) is 0.816. The number of H-pyrrole nitrogens is 1. The molecule has 8 heteroatoms. The van der Waals surface area contributed by atoms with Crippen LogP contribution in [0.1, 0.15) is 11.7 Å². The quantitative estimate of drug-likeness (QED) is 0.584. The Balaban J connectivity index is 1.77. The first-order valence-electron chi connectivity index (χ1n) is 6.27. The van der Waals surface area contributed by atoms with E-state index in [2.05, 4.69) is 25.3 Å². The van der Waals surface area contributed by atoms with Crippen LogP contribution in [0.3, 0.4) is 0 Å². The van der Waals surface area contributed by atoms with Crippen molar-refractivity contribution in [1.82, 2.24) is 19.9 Å². The number of aromatic amines is 1. The molecule has 0 unspecified atom stereocenters. The van der Waals surface area contributed by atoms with Crippen molar-refractivity contribution in [1.29, 1.82) is 0 Å². The topological polar surface area (TPSA) is 113 Å². The highest BCUT2D eigenvalue weighted by Crippen LogP contribution is 2.20. The minimum Gasteiger partial charge on any atom is -0.387 e. The molecule has 2 aromatic heterocycles. The normalized spacial score (nSPS) is 12.5. The van der Waals surface area contributed by atoms with Gasteiger partial charge in [-0.15, -0.1) is 0 Å². The fourth-order valence-corrected chi connectivity index (χ4v) is 2.10. The van der Waals surface area contributed by atoms with Gasteiger partial charge in [0.25, 0.3) is 0 Å². The van der Waals surface area contributed by atoms with Crippen LogP contribution < -0.4 is 11.1 Å². The van der Waals surface area contributed by atoms with Crippen molar-refractivity contribution >= 4 is 34.5 Å². The molecular formula is C13H13ClN6O. The Hall–Kier alpha value is -2.38. The maximum absolute atomic E-state index is 10.2. The summed E-state index contributed by atoms with van der Waals surface area (Å²) in [7, 11) is 0. The van der Waals surface area contributed by atoms with E-state index < -0.39 is 6.10 Å². The van der Waals surface area contributed by atoms with E-state index in [1.165, 1.54) is 6.33 Å². The predicted molar refractivity (Wildman–Crippen MR) is 81.0 cm³/mol. The molecule has 3 rings (SSSR count). The molecular weight excluding hydrogens is 292 g/mol. The molecule has 0 radical (unpaired) electrons. The summed E-state index contributed by atoms with van der Waals surface area (Å²) in [6.45, 7) is 0.270. The smallest absolute Gasteiger partial charge is 0.224 e. The number of benzene rings is 1. The maximum Gasteiger partial charge on any atom is 0.224 e. The minimum atomic E-state index is -0.698. The molecule has 7 nitrogen and oxygen atoms in total. The summed E-state index contributed by atoms with van der Waals surface area (Å²) in [5.41, 5.74) is 7.51. The molecule has 0 amide bonds. The van der Waals surface area contributed by atoms with E-state index in [1.54, 1.807) is 24.3 Å². The fraction of sp³-hybridized carbons (Fsp3) is 0.154. The van der Waals surface area contributed by atoms with Gasteiger partial charge in [-0.05, 0) is 17.7 Å². The summed E-state index contributed by atoms with van der Waals surface area (Å²) < 4.78 is 0. The predicted octanol–water partition coefficient (Wildman–Crippen LogP) is 1.73. The van der Waals surface area contributed by atoms with Gasteiger partial charge in [0, 0.05) is 11.6 Å². The number of aliphatic hydroxyl groups excluding tert-OH is 1. The van der Waals surface area contributed by atoms with E-state index in [0.29, 0.717) is 22.0 Å². The molecule has 108 valence electrons. The molecule has 21 heavy (non-hydrogen) atoms. The molecule has 5 N–H and O–H groups in total. The van der Waals surface area contributed by atoms with Crippen LogP contribution in [-0.4, -0.2) is 31.6 Å².